The highest BCUT2D eigenvalue weighted by Gasteiger charge is 2.08. The molecule has 0 saturated heterocycles. The van der Waals surface area contributed by atoms with Crippen molar-refractivity contribution in [3.05, 3.63) is 11.6 Å². The van der Waals surface area contributed by atoms with E-state index in [1.165, 1.54) is 5.57 Å². The monoisotopic (exact) mass is 211 g/mol. The Bertz CT molecular complexity index is 221. The summed E-state index contributed by atoms with van der Waals surface area (Å²) < 4.78 is 5.38. The van der Waals surface area contributed by atoms with E-state index in [9.17, 15) is 0 Å². The van der Waals surface area contributed by atoms with Gasteiger partial charge in [-0.1, -0.05) is 12.5 Å². The van der Waals surface area contributed by atoms with Crippen molar-refractivity contribution in [2.75, 3.05) is 7.11 Å². The van der Waals surface area contributed by atoms with Crippen LogP contribution in [-0.4, -0.2) is 25.0 Å². The first-order chi connectivity index (χ1) is 6.99. The molecule has 2 nitrogen and oxygen atoms in total. The molecule has 0 heterocycles. The van der Waals surface area contributed by atoms with Crippen LogP contribution in [0.3, 0.4) is 0 Å². The van der Waals surface area contributed by atoms with Crippen LogP contribution in [0, 0.1) is 0 Å². The molecular formula is C13H25NO. The van der Waals surface area contributed by atoms with Crippen molar-refractivity contribution in [2.45, 2.75) is 59.6 Å². The number of nitrogens with zero attached hydrogens (tertiary/aromatic N) is 1. The maximum absolute atomic E-state index is 5.38. The molecule has 0 aromatic heterocycles. The molecule has 0 aromatic rings. The number of ether oxygens (including phenoxy) is 1. The Labute approximate surface area is 94.4 Å². The van der Waals surface area contributed by atoms with E-state index in [2.05, 4.69) is 45.7 Å². The number of aliphatic imine (C=N–C) groups is 1. The van der Waals surface area contributed by atoms with Crippen LogP contribution in [0.2, 0.25) is 0 Å². The van der Waals surface area contributed by atoms with Crippen LogP contribution in [0.25, 0.3) is 0 Å². The lowest BCUT2D eigenvalue weighted by molar-refractivity contribution is 0.106. The fourth-order valence-corrected chi connectivity index (χ4v) is 1.44. The van der Waals surface area contributed by atoms with Gasteiger partial charge in [-0.3, -0.25) is 4.99 Å². The average molecular weight is 211 g/mol. The minimum absolute atomic E-state index is 0.290. The Kier molecular flexibility index (Phi) is 7.31. The van der Waals surface area contributed by atoms with Crippen LogP contribution >= 0.6 is 0 Å². The highest BCUT2D eigenvalue weighted by atomic mass is 16.5. The van der Waals surface area contributed by atoms with Gasteiger partial charge in [-0.25, -0.2) is 0 Å². The predicted molar refractivity (Wildman–Crippen MR) is 67.7 cm³/mol. The minimum Gasteiger partial charge on any atom is -0.381 e. The quantitative estimate of drug-likeness (QED) is 0.615. The van der Waals surface area contributed by atoms with Crippen molar-refractivity contribution in [3.8, 4) is 0 Å². The van der Waals surface area contributed by atoms with Crippen LogP contribution in [0.15, 0.2) is 16.6 Å². The number of allylic oxidation sites excluding steroid dienone is 2. The Morgan fingerprint density at radius 3 is 2.27 bits per heavy atom. The number of rotatable bonds is 6. The third-order valence-corrected chi connectivity index (χ3v) is 2.10. The summed E-state index contributed by atoms with van der Waals surface area (Å²) >= 11 is 0. The Balaban J connectivity index is 4.58. The molecule has 0 amide bonds. The minimum atomic E-state index is 0.290. The first-order valence-corrected chi connectivity index (χ1v) is 5.73. The Morgan fingerprint density at radius 2 is 1.93 bits per heavy atom. The molecule has 15 heavy (non-hydrogen) atoms. The number of hydrogen-bond donors (Lipinski definition) is 0. The van der Waals surface area contributed by atoms with Gasteiger partial charge in [0.2, 0.25) is 0 Å². The summed E-state index contributed by atoms with van der Waals surface area (Å²) in [5.74, 6) is 0. The normalized spacial score (nSPS) is 14.2. The zero-order valence-electron chi connectivity index (χ0n) is 11.0. The lowest BCUT2D eigenvalue weighted by Crippen LogP contribution is -2.15. The van der Waals surface area contributed by atoms with Crippen LogP contribution in [0.4, 0.5) is 0 Å². The molecular weight excluding hydrogens is 186 g/mol. The van der Waals surface area contributed by atoms with Crippen molar-refractivity contribution in [1.29, 1.82) is 0 Å². The van der Waals surface area contributed by atoms with Crippen molar-refractivity contribution in [1.82, 2.24) is 0 Å². The standard InChI is InChI=1S/C13H25NO/c1-7-13(15-6)9-12(8-10(2)3)14-11(4)5/h8,11,13H,7,9H2,1-6H3/b14-12+. The van der Waals surface area contributed by atoms with Gasteiger partial charge < -0.3 is 4.74 Å². The van der Waals surface area contributed by atoms with E-state index in [-0.39, 0.29) is 6.10 Å². The molecule has 0 aliphatic rings. The fraction of sp³-hybridized carbons (Fsp3) is 0.769. The maximum atomic E-state index is 5.38. The van der Waals surface area contributed by atoms with E-state index in [1.54, 1.807) is 7.11 Å². The summed E-state index contributed by atoms with van der Waals surface area (Å²) in [7, 11) is 1.77. The van der Waals surface area contributed by atoms with E-state index < -0.39 is 0 Å². The topological polar surface area (TPSA) is 21.6 Å². The molecule has 0 aliphatic carbocycles. The summed E-state index contributed by atoms with van der Waals surface area (Å²) in [6, 6.07) is 0.352. The smallest absolute Gasteiger partial charge is 0.0623 e. The lowest BCUT2D eigenvalue weighted by Gasteiger charge is -2.14. The van der Waals surface area contributed by atoms with Gasteiger partial charge in [0.25, 0.3) is 0 Å². The van der Waals surface area contributed by atoms with E-state index >= 15 is 0 Å². The van der Waals surface area contributed by atoms with E-state index in [1.807, 2.05) is 0 Å². The molecule has 0 rings (SSSR count). The van der Waals surface area contributed by atoms with Crippen molar-refractivity contribution < 1.29 is 4.74 Å². The van der Waals surface area contributed by atoms with Crippen LogP contribution in [-0.2, 0) is 4.74 Å². The summed E-state index contributed by atoms with van der Waals surface area (Å²) in [4.78, 5) is 4.61. The van der Waals surface area contributed by atoms with Crippen molar-refractivity contribution >= 4 is 5.71 Å². The average Bonchev–Trinajstić information content (AvgIpc) is 2.11. The number of hydrogen-bond acceptors (Lipinski definition) is 2. The molecule has 0 N–H and O–H groups in total. The molecule has 0 aromatic carbocycles. The van der Waals surface area contributed by atoms with E-state index in [0.29, 0.717) is 6.04 Å². The van der Waals surface area contributed by atoms with E-state index in [0.717, 1.165) is 18.6 Å². The Morgan fingerprint density at radius 1 is 1.33 bits per heavy atom. The molecule has 1 atom stereocenters. The van der Waals surface area contributed by atoms with Crippen LogP contribution in [0.1, 0.15) is 47.5 Å². The molecule has 0 radical (unpaired) electrons. The fourth-order valence-electron chi connectivity index (χ4n) is 1.44. The summed E-state index contributed by atoms with van der Waals surface area (Å²) in [5.41, 5.74) is 2.44. The highest BCUT2D eigenvalue weighted by molar-refractivity contribution is 5.95. The van der Waals surface area contributed by atoms with E-state index in [4.69, 9.17) is 4.74 Å². The van der Waals surface area contributed by atoms with Gasteiger partial charge in [0.05, 0.1) is 6.10 Å². The molecule has 2 heteroatoms. The van der Waals surface area contributed by atoms with Gasteiger partial charge >= 0.3 is 0 Å². The zero-order chi connectivity index (χ0) is 11.8. The predicted octanol–water partition coefficient (Wildman–Crippen LogP) is 3.62. The largest absolute Gasteiger partial charge is 0.381 e. The molecule has 1 unspecified atom stereocenters. The summed E-state index contributed by atoms with van der Waals surface area (Å²) in [6.45, 7) is 10.6. The third kappa shape index (κ3) is 7.32. The third-order valence-electron chi connectivity index (χ3n) is 2.10. The molecule has 0 aliphatic heterocycles. The second-order valence-electron chi connectivity index (χ2n) is 4.41. The van der Waals surface area contributed by atoms with Gasteiger partial charge in [0.1, 0.15) is 0 Å². The van der Waals surface area contributed by atoms with Crippen LogP contribution < -0.4 is 0 Å². The molecule has 0 spiro atoms. The first-order valence-electron chi connectivity index (χ1n) is 5.73. The molecule has 0 bridgehead atoms. The van der Waals surface area contributed by atoms with Gasteiger partial charge in [-0.05, 0) is 40.2 Å². The second-order valence-corrected chi connectivity index (χ2v) is 4.41. The highest BCUT2D eigenvalue weighted by Crippen LogP contribution is 2.07. The molecule has 0 fully saturated rings. The van der Waals surface area contributed by atoms with Gasteiger partial charge in [-0.2, -0.15) is 0 Å². The van der Waals surface area contributed by atoms with Crippen molar-refractivity contribution in [3.63, 3.8) is 0 Å². The van der Waals surface area contributed by atoms with Gasteiger partial charge in [0.15, 0.2) is 0 Å². The summed E-state index contributed by atoms with van der Waals surface area (Å²) in [5, 5.41) is 0. The molecule has 0 saturated carbocycles. The van der Waals surface area contributed by atoms with Crippen molar-refractivity contribution in [2.24, 2.45) is 4.99 Å². The maximum Gasteiger partial charge on any atom is 0.0623 e. The Hall–Kier alpha value is -0.630. The first kappa shape index (κ1) is 14.4. The van der Waals surface area contributed by atoms with Gasteiger partial charge in [0, 0.05) is 25.3 Å². The number of methoxy groups -OCH3 is 1. The lowest BCUT2D eigenvalue weighted by atomic mass is 10.1. The van der Waals surface area contributed by atoms with Crippen LogP contribution in [0.5, 0.6) is 0 Å². The SMILES string of the molecule is CCC(C/C(C=C(C)C)=N/C(C)C)OC. The zero-order valence-corrected chi connectivity index (χ0v) is 11.0. The summed E-state index contributed by atoms with van der Waals surface area (Å²) in [6.07, 6.45) is 4.39. The molecule has 88 valence electrons. The van der Waals surface area contributed by atoms with Gasteiger partial charge in [-0.15, -0.1) is 0 Å². The second kappa shape index (κ2) is 7.63.